The van der Waals surface area contributed by atoms with E-state index in [1.807, 2.05) is 0 Å². The van der Waals surface area contributed by atoms with Gasteiger partial charge in [-0.3, -0.25) is 0 Å². The van der Waals surface area contributed by atoms with E-state index in [2.05, 4.69) is 11.3 Å². The van der Waals surface area contributed by atoms with Crippen molar-refractivity contribution < 1.29 is 19.4 Å². The van der Waals surface area contributed by atoms with Gasteiger partial charge in [0.25, 0.3) is 0 Å². The quantitative estimate of drug-likeness (QED) is 0.384. The van der Waals surface area contributed by atoms with Gasteiger partial charge in [0.05, 0.1) is 0 Å². The van der Waals surface area contributed by atoms with Crippen LogP contribution in [0.4, 0.5) is 0 Å². The lowest BCUT2D eigenvalue weighted by molar-refractivity contribution is -0.140. The number of carboxylic acids is 1. The van der Waals surface area contributed by atoms with Crippen LogP contribution in [0.3, 0.4) is 0 Å². The molecule has 0 radical (unpaired) electrons. The van der Waals surface area contributed by atoms with Crippen LogP contribution < -0.4 is 0 Å². The number of ether oxygens (including phenoxy) is 1. The Morgan fingerprint density at radius 3 is 2.50 bits per heavy atom. The number of carbonyl (C=O) groups is 2. The van der Waals surface area contributed by atoms with E-state index in [1.54, 1.807) is 6.92 Å². The highest BCUT2D eigenvalue weighted by Gasteiger charge is 2.01. The van der Waals surface area contributed by atoms with Gasteiger partial charge in [-0.05, 0) is 6.92 Å². The van der Waals surface area contributed by atoms with E-state index in [1.165, 1.54) is 6.08 Å². The molecule has 0 bridgehead atoms. The molecule has 0 fully saturated rings. The molecular formula is C8H10O4. The minimum atomic E-state index is -1.18. The summed E-state index contributed by atoms with van der Waals surface area (Å²) in [6, 6.07) is 0. The van der Waals surface area contributed by atoms with Gasteiger partial charge in [-0.15, -0.1) is 0 Å². The van der Waals surface area contributed by atoms with E-state index >= 15 is 0 Å². The van der Waals surface area contributed by atoms with Crippen LogP contribution in [0.2, 0.25) is 0 Å². The average Bonchev–Trinajstić information content (AvgIpc) is 2.00. The first-order valence-electron chi connectivity index (χ1n) is 3.30. The third kappa shape index (κ3) is 5.22. The summed E-state index contributed by atoms with van der Waals surface area (Å²) < 4.78 is 4.64. The minimum Gasteiger partial charge on any atom is -0.478 e. The fourth-order valence-corrected chi connectivity index (χ4v) is 0.410. The van der Waals surface area contributed by atoms with Gasteiger partial charge in [0.1, 0.15) is 6.10 Å². The smallest absolute Gasteiger partial charge is 0.331 e. The Kier molecular flexibility index (Phi) is 4.45. The molecule has 66 valence electrons. The predicted molar refractivity (Wildman–Crippen MR) is 42.5 cm³/mol. The van der Waals surface area contributed by atoms with Gasteiger partial charge in [0.15, 0.2) is 0 Å². The van der Waals surface area contributed by atoms with Crippen molar-refractivity contribution in [2.75, 3.05) is 0 Å². The highest BCUT2D eigenvalue weighted by atomic mass is 16.5. The molecule has 0 aliphatic rings. The number of carbonyl (C=O) groups excluding carboxylic acids is 1. The van der Waals surface area contributed by atoms with Crippen molar-refractivity contribution >= 4 is 11.9 Å². The summed E-state index contributed by atoms with van der Waals surface area (Å²) in [6.45, 7) is 5.02. The Morgan fingerprint density at radius 2 is 2.08 bits per heavy atom. The van der Waals surface area contributed by atoms with Crippen LogP contribution in [-0.4, -0.2) is 23.1 Å². The molecule has 4 heteroatoms. The van der Waals surface area contributed by atoms with Crippen molar-refractivity contribution in [2.45, 2.75) is 13.0 Å². The van der Waals surface area contributed by atoms with Crippen LogP contribution in [0, 0.1) is 0 Å². The van der Waals surface area contributed by atoms with E-state index in [4.69, 9.17) is 5.11 Å². The first kappa shape index (κ1) is 10.4. The molecule has 0 aromatic carbocycles. The van der Waals surface area contributed by atoms with E-state index in [-0.39, 0.29) is 0 Å². The monoisotopic (exact) mass is 170 g/mol. The van der Waals surface area contributed by atoms with Crippen molar-refractivity contribution in [1.82, 2.24) is 0 Å². The highest BCUT2D eigenvalue weighted by Crippen LogP contribution is 1.92. The third-order valence-electron chi connectivity index (χ3n) is 0.996. The maximum absolute atomic E-state index is 10.7. The van der Waals surface area contributed by atoms with Gasteiger partial charge < -0.3 is 9.84 Å². The van der Waals surface area contributed by atoms with E-state index in [0.717, 1.165) is 12.2 Å². The second-order valence-corrected chi connectivity index (χ2v) is 2.05. The molecule has 0 aromatic heterocycles. The maximum Gasteiger partial charge on any atom is 0.331 e. The summed E-state index contributed by atoms with van der Waals surface area (Å²) in [5.41, 5.74) is 0. The maximum atomic E-state index is 10.7. The molecule has 12 heavy (non-hydrogen) atoms. The highest BCUT2D eigenvalue weighted by molar-refractivity contribution is 5.90. The molecule has 0 aromatic rings. The Hall–Kier alpha value is -1.58. The molecule has 0 rings (SSSR count). The number of esters is 1. The summed E-state index contributed by atoms with van der Waals surface area (Å²) in [6.07, 6.45) is 2.60. The number of aliphatic carboxylic acids is 1. The Morgan fingerprint density at radius 1 is 1.50 bits per heavy atom. The Balaban J connectivity index is 3.89. The Bertz CT molecular complexity index is 217. The van der Waals surface area contributed by atoms with Crippen LogP contribution in [-0.2, 0) is 14.3 Å². The first-order valence-corrected chi connectivity index (χ1v) is 3.30. The summed E-state index contributed by atoms with van der Waals surface area (Å²) in [7, 11) is 0. The van der Waals surface area contributed by atoms with Crippen LogP contribution in [0.15, 0.2) is 24.8 Å². The van der Waals surface area contributed by atoms with Crippen LogP contribution in [0.5, 0.6) is 0 Å². The zero-order chi connectivity index (χ0) is 9.56. The molecule has 0 amide bonds. The fourth-order valence-electron chi connectivity index (χ4n) is 0.410. The topological polar surface area (TPSA) is 63.6 Å². The predicted octanol–water partition coefficient (Wildman–Crippen LogP) is 0.745. The lowest BCUT2D eigenvalue weighted by Gasteiger charge is -2.04. The number of carboxylic acid groups (broad SMARTS) is 1. The number of hydrogen-bond acceptors (Lipinski definition) is 3. The standard InChI is InChI=1S/C8H10O4/c1-3-6(2)12-8(11)5-4-7(9)10/h3-6H,1H2,2H3,(H,9,10)/b5-4-. The molecule has 1 unspecified atom stereocenters. The molecule has 4 nitrogen and oxygen atoms in total. The van der Waals surface area contributed by atoms with Gasteiger partial charge in [0.2, 0.25) is 0 Å². The summed E-state index contributed by atoms with van der Waals surface area (Å²) in [5.74, 6) is -1.87. The molecule has 0 saturated carbocycles. The van der Waals surface area contributed by atoms with E-state index < -0.39 is 18.0 Å². The van der Waals surface area contributed by atoms with Crippen molar-refractivity contribution in [2.24, 2.45) is 0 Å². The van der Waals surface area contributed by atoms with Crippen LogP contribution >= 0.6 is 0 Å². The van der Waals surface area contributed by atoms with Gasteiger partial charge in [-0.25, -0.2) is 9.59 Å². The normalized spacial score (nSPS) is 12.4. The lowest BCUT2D eigenvalue weighted by atomic mass is 10.4. The van der Waals surface area contributed by atoms with Crippen molar-refractivity contribution in [3.63, 3.8) is 0 Å². The molecule has 0 saturated heterocycles. The first-order chi connectivity index (χ1) is 5.56. The molecule has 0 heterocycles. The largest absolute Gasteiger partial charge is 0.478 e. The lowest BCUT2D eigenvalue weighted by Crippen LogP contribution is -2.10. The average molecular weight is 170 g/mol. The zero-order valence-corrected chi connectivity index (χ0v) is 6.69. The van der Waals surface area contributed by atoms with Crippen molar-refractivity contribution in [1.29, 1.82) is 0 Å². The molecule has 0 aliphatic heterocycles. The van der Waals surface area contributed by atoms with Crippen molar-refractivity contribution in [3.05, 3.63) is 24.8 Å². The van der Waals surface area contributed by atoms with Gasteiger partial charge >= 0.3 is 11.9 Å². The summed E-state index contributed by atoms with van der Waals surface area (Å²) in [5, 5.41) is 8.14. The Labute approximate surface area is 70.1 Å². The van der Waals surface area contributed by atoms with Gasteiger partial charge in [-0.2, -0.15) is 0 Å². The van der Waals surface area contributed by atoms with Crippen molar-refractivity contribution in [3.8, 4) is 0 Å². The minimum absolute atomic E-state index is 0.407. The van der Waals surface area contributed by atoms with Crippen LogP contribution in [0.1, 0.15) is 6.92 Å². The fraction of sp³-hybridized carbons (Fsp3) is 0.250. The second kappa shape index (κ2) is 5.12. The number of hydrogen-bond donors (Lipinski definition) is 1. The van der Waals surface area contributed by atoms with Crippen LogP contribution in [0.25, 0.3) is 0 Å². The SMILES string of the molecule is C=CC(C)OC(=O)/C=C\C(=O)O. The third-order valence-corrected chi connectivity index (χ3v) is 0.996. The molecule has 1 atom stereocenters. The number of rotatable bonds is 4. The summed E-state index contributed by atoms with van der Waals surface area (Å²) >= 11 is 0. The van der Waals surface area contributed by atoms with E-state index in [9.17, 15) is 9.59 Å². The zero-order valence-electron chi connectivity index (χ0n) is 6.69. The molecule has 0 spiro atoms. The molecular weight excluding hydrogens is 160 g/mol. The van der Waals surface area contributed by atoms with Gasteiger partial charge in [0, 0.05) is 12.2 Å². The molecule has 1 N–H and O–H groups in total. The summed E-state index contributed by atoms with van der Waals surface area (Å²) in [4.78, 5) is 20.6. The van der Waals surface area contributed by atoms with Gasteiger partial charge in [-0.1, -0.05) is 12.7 Å². The van der Waals surface area contributed by atoms with E-state index in [0.29, 0.717) is 0 Å². The second-order valence-electron chi connectivity index (χ2n) is 2.05. The molecule has 0 aliphatic carbocycles.